The molecule has 150 valence electrons. The molecule has 1 saturated carbocycles. The molecule has 0 unspecified atom stereocenters. The fourth-order valence-corrected chi connectivity index (χ4v) is 3.92. The summed E-state index contributed by atoms with van der Waals surface area (Å²) in [6.07, 6.45) is 4.47. The van der Waals surface area contributed by atoms with Gasteiger partial charge in [0.2, 0.25) is 0 Å². The van der Waals surface area contributed by atoms with E-state index in [9.17, 15) is 4.79 Å². The third-order valence-electron chi connectivity index (χ3n) is 5.60. The van der Waals surface area contributed by atoms with Gasteiger partial charge in [-0.3, -0.25) is 4.79 Å². The molecule has 1 aliphatic carbocycles. The van der Waals surface area contributed by atoms with Crippen LogP contribution >= 0.6 is 11.6 Å². The molecule has 29 heavy (non-hydrogen) atoms. The lowest BCUT2D eigenvalue weighted by atomic mass is 9.87. The first kappa shape index (κ1) is 19.5. The second kappa shape index (κ2) is 8.29. The van der Waals surface area contributed by atoms with Crippen molar-refractivity contribution in [2.75, 3.05) is 5.73 Å². The van der Waals surface area contributed by atoms with E-state index >= 15 is 0 Å². The summed E-state index contributed by atoms with van der Waals surface area (Å²) < 4.78 is 1.67. The van der Waals surface area contributed by atoms with Crippen LogP contribution in [0.25, 0.3) is 16.9 Å². The summed E-state index contributed by atoms with van der Waals surface area (Å²) in [5.41, 5.74) is 9.34. The Kier molecular flexibility index (Phi) is 5.58. The highest BCUT2D eigenvalue weighted by atomic mass is 35.5. The molecule has 0 saturated heterocycles. The summed E-state index contributed by atoms with van der Waals surface area (Å²) in [6, 6.07) is 17.0. The van der Waals surface area contributed by atoms with Gasteiger partial charge in [-0.25, -0.2) is 4.68 Å². The third kappa shape index (κ3) is 4.46. The van der Waals surface area contributed by atoms with E-state index in [0.717, 1.165) is 35.7 Å². The van der Waals surface area contributed by atoms with Crippen molar-refractivity contribution in [1.82, 2.24) is 15.1 Å². The van der Waals surface area contributed by atoms with Crippen molar-refractivity contribution >= 4 is 23.3 Å². The largest absolute Gasteiger partial charge is 0.384 e. The maximum absolute atomic E-state index is 12.6. The highest BCUT2D eigenvalue weighted by Gasteiger charge is 2.20. The van der Waals surface area contributed by atoms with Gasteiger partial charge in [0.25, 0.3) is 5.91 Å². The van der Waals surface area contributed by atoms with Crippen molar-refractivity contribution < 1.29 is 4.79 Å². The van der Waals surface area contributed by atoms with Crippen LogP contribution in [0, 0.1) is 5.92 Å². The van der Waals surface area contributed by atoms with Gasteiger partial charge in [-0.05, 0) is 68.0 Å². The van der Waals surface area contributed by atoms with Gasteiger partial charge in [-0.1, -0.05) is 30.7 Å². The molecule has 1 aliphatic rings. The Morgan fingerprint density at radius 2 is 1.72 bits per heavy atom. The normalized spacial score (nSPS) is 19.1. The number of halogens is 1. The summed E-state index contributed by atoms with van der Waals surface area (Å²) in [6.45, 7) is 2.27. The van der Waals surface area contributed by atoms with Crippen LogP contribution in [0.2, 0.25) is 5.02 Å². The molecule has 0 spiro atoms. The molecule has 4 rings (SSSR count). The van der Waals surface area contributed by atoms with Gasteiger partial charge >= 0.3 is 0 Å². The number of nitrogens with zero attached hydrogens (tertiary/aromatic N) is 2. The van der Waals surface area contributed by atoms with Crippen LogP contribution in [0.5, 0.6) is 0 Å². The van der Waals surface area contributed by atoms with Gasteiger partial charge in [0, 0.05) is 28.3 Å². The van der Waals surface area contributed by atoms with Crippen molar-refractivity contribution in [2.45, 2.75) is 38.6 Å². The number of aromatic nitrogens is 2. The second-order valence-corrected chi connectivity index (χ2v) is 8.29. The predicted molar refractivity (Wildman–Crippen MR) is 117 cm³/mol. The first-order chi connectivity index (χ1) is 14.0. The van der Waals surface area contributed by atoms with E-state index in [1.54, 1.807) is 4.68 Å². The summed E-state index contributed by atoms with van der Waals surface area (Å²) in [5, 5.41) is 8.44. The number of carbonyl (C=O) groups excluding carboxylic acids is 1. The van der Waals surface area contributed by atoms with Crippen LogP contribution in [0.3, 0.4) is 0 Å². The summed E-state index contributed by atoms with van der Waals surface area (Å²) in [5.74, 6) is 1.27. The maximum atomic E-state index is 12.6. The zero-order valence-corrected chi connectivity index (χ0v) is 17.2. The lowest BCUT2D eigenvalue weighted by molar-refractivity contribution is 0.0923. The Morgan fingerprint density at radius 1 is 1.07 bits per heavy atom. The van der Waals surface area contributed by atoms with E-state index in [2.05, 4.69) is 17.3 Å². The molecule has 0 bridgehead atoms. The van der Waals surface area contributed by atoms with Gasteiger partial charge in [0.1, 0.15) is 5.82 Å². The zero-order chi connectivity index (χ0) is 20.4. The Bertz CT molecular complexity index is 987. The van der Waals surface area contributed by atoms with Gasteiger partial charge in [-0.2, -0.15) is 5.10 Å². The molecule has 6 heteroatoms. The fourth-order valence-electron chi connectivity index (χ4n) is 3.79. The van der Waals surface area contributed by atoms with Crippen molar-refractivity contribution in [2.24, 2.45) is 5.92 Å². The molecular formula is C23H25ClN4O. The Morgan fingerprint density at radius 3 is 2.38 bits per heavy atom. The summed E-state index contributed by atoms with van der Waals surface area (Å²) in [7, 11) is 0. The highest BCUT2D eigenvalue weighted by molar-refractivity contribution is 6.30. The molecule has 0 atom stereocenters. The van der Waals surface area contributed by atoms with E-state index < -0.39 is 0 Å². The molecule has 1 aromatic heterocycles. The minimum Gasteiger partial charge on any atom is -0.384 e. The quantitative estimate of drug-likeness (QED) is 0.631. The first-order valence-corrected chi connectivity index (χ1v) is 10.4. The molecule has 1 heterocycles. The fraction of sp³-hybridized carbons (Fsp3) is 0.304. The molecule has 0 radical (unpaired) electrons. The molecule has 3 N–H and O–H groups in total. The molecule has 3 aromatic rings. The number of nitrogen functional groups attached to an aromatic ring is 1. The predicted octanol–water partition coefficient (Wildman–Crippen LogP) is 5.08. The van der Waals surface area contributed by atoms with Crippen LogP contribution in [-0.2, 0) is 0 Å². The number of nitrogens with one attached hydrogen (secondary N) is 1. The molecule has 2 aromatic carbocycles. The number of rotatable bonds is 4. The van der Waals surface area contributed by atoms with Crippen LogP contribution in [-0.4, -0.2) is 21.7 Å². The first-order valence-electron chi connectivity index (χ1n) is 10.0. The van der Waals surface area contributed by atoms with Crippen molar-refractivity contribution in [3.63, 3.8) is 0 Å². The SMILES string of the molecule is CC1CCC(NC(=O)c2ccc(-n3nc(-c4ccc(Cl)cc4)cc3N)cc2)CC1. The minimum absolute atomic E-state index is 0.0219. The van der Waals surface area contributed by atoms with E-state index in [1.807, 2.05) is 54.6 Å². The number of carbonyl (C=O) groups is 1. The second-order valence-electron chi connectivity index (χ2n) is 7.85. The number of anilines is 1. The lowest BCUT2D eigenvalue weighted by Gasteiger charge is -2.26. The van der Waals surface area contributed by atoms with Crippen LogP contribution in [0.15, 0.2) is 54.6 Å². The van der Waals surface area contributed by atoms with Gasteiger partial charge in [-0.15, -0.1) is 0 Å². The zero-order valence-electron chi connectivity index (χ0n) is 16.4. The Hall–Kier alpha value is -2.79. The van der Waals surface area contributed by atoms with E-state index in [0.29, 0.717) is 16.4 Å². The number of hydrogen-bond donors (Lipinski definition) is 2. The van der Waals surface area contributed by atoms with Crippen molar-refractivity contribution in [1.29, 1.82) is 0 Å². The number of amides is 1. The topological polar surface area (TPSA) is 72.9 Å². The summed E-state index contributed by atoms with van der Waals surface area (Å²) in [4.78, 5) is 12.6. The monoisotopic (exact) mass is 408 g/mol. The van der Waals surface area contributed by atoms with Crippen molar-refractivity contribution in [3.05, 3.63) is 65.2 Å². The number of hydrogen-bond acceptors (Lipinski definition) is 3. The van der Waals surface area contributed by atoms with E-state index in [-0.39, 0.29) is 11.9 Å². The van der Waals surface area contributed by atoms with Crippen LogP contribution in [0.1, 0.15) is 43.0 Å². The molecule has 5 nitrogen and oxygen atoms in total. The average Bonchev–Trinajstić information content (AvgIpc) is 3.12. The van der Waals surface area contributed by atoms with E-state index in [1.165, 1.54) is 12.8 Å². The number of nitrogens with two attached hydrogens (primary N) is 1. The Labute approximate surface area is 175 Å². The molecule has 0 aliphatic heterocycles. The van der Waals surface area contributed by atoms with Gasteiger partial charge in [0.05, 0.1) is 11.4 Å². The van der Waals surface area contributed by atoms with Gasteiger partial charge < -0.3 is 11.1 Å². The Balaban J connectivity index is 1.48. The van der Waals surface area contributed by atoms with Crippen LogP contribution < -0.4 is 11.1 Å². The van der Waals surface area contributed by atoms with Crippen molar-refractivity contribution in [3.8, 4) is 16.9 Å². The molecule has 1 fully saturated rings. The summed E-state index contributed by atoms with van der Waals surface area (Å²) >= 11 is 5.96. The maximum Gasteiger partial charge on any atom is 0.251 e. The van der Waals surface area contributed by atoms with E-state index in [4.69, 9.17) is 17.3 Å². The standard InChI is InChI=1S/C23H25ClN4O/c1-15-2-10-19(11-3-15)26-23(29)17-6-12-20(13-7-17)28-22(25)14-21(27-28)16-4-8-18(24)9-5-16/h4-9,12-15,19H,2-3,10-11,25H2,1H3,(H,26,29). The number of benzene rings is 2. The smallest absolute Gasteiger partial charge is 0.251 e. The van der Waals surface area contributed by atoms with Gasteiger partial charge in [0.15, 0.2) is 0 Å². The van der Waals surface area contributed by atoms with Crippen LogP contribution in [0.4, 0.5) is 5.82 Å². The highest BCUT2D eigenvalue weighted by Crippen LogP contribution is 2.25. The average molecular weight is 409 g/mol. The molecule has 1 amide bonds. The minimum atomic E-state index is -0.0219. The molecular weight excluding hydrogens is 384 g/mol. The lowest BCUT2D eigenvalue weighted by Crippen LogP contribution is -2.37. The third-order valence-corrected chi connectivity index (χ3v) is 5.85.